The van der Waals surface area contributed by atoms with Crippen molar-refractivity contribution in [2.75, 3.05) is 20.1 Å². The highest BCUT2D eigenvalue weighted by atomic mass is 32.1. The zero-order valence-electron chi connectivity index (χ0n) is 10.5. The maximum Gasteiger partial charge on any atom is 0.242 e. The molecule has 1 amide bonds. The van der Waals surface area contributed by atoms with Crippen LogP contribution in [0.1, 0.15) is 24.6 Å². The maximum atomic E-state index is 12.3. The van der Waals surface area contributed by atoms with E-state index in [-0.39, 0.29) is 11.4 Å². The number of nitrogens with one attached hydrogen (secondary N) is 1. The van der Waals surface area contributed by atoms with Crippen molar-refractivity contribution in [2.45, 2.75) is 31.7 Å². The van der Waals surface area contributed by atoms with Gasteiger partial charge in [0.1, 0.15) is 0 Å². The predicted molar refractivity (Wildman–Crippen MR) is 71.3 cm³/mol. The van der Waals surface area contributed by atoms with Gasteiger partial charge in [0.2, 0.25) is 5.91 Å². The normalized spacial score (nSPS) is 23.9. The average Bonchev–Trinajstić information content (AvgIpc) is 2.96. The summed E-state index contributed by atoms with van der Waals surface area (Å²) in [6, 6.07) is 4.18. The third kappa shape index (κ3) is 2.87. The van der Waals surface area contributed by atoms with Crippen LogP contribution in [0.5, 0.6) is 0 Å². The van der Waals surface area contributed by atoms with Gasteiger partial charge in [-0.3, -0.25) is 4.79 Å². The Morgan fingerprint density at radius 2 is 2.47 bits per heavy atom. The molecule has 0 aromatic carbocycles. The minimum absolute atomic E-state index is 0.228. The van der Waals surface area contributed by atoms with E-state index >= 15 is 0 Å². The first-order valence-electron chi connectivity index (χ1n) is 6.15. The van der Waals surface area contributed by atoms with E-state index < -0.39 is 0 Å². The summed E-state index contributed by atoms with van der Waals surface area (Å²) in [7, 11) is 1.90. The first-order valence-corrected chi connectivity index (χ1v) is 7.03. The van der Waals surface area contributed by atoms with Crippen molar-refractivity contribution in [1.29, 1.82) is 0 Å². The Kier molecular flexibility index (Phi) is 3.84. The summed E-state index contributed by atoms with van der Waals surface area (Å²) in [6.07, 6.45) is 3.01. The molecule has 0 saturated carbocycles. The number of likely N-dealkylation sites (N-methyl/N-ethyl adjacent to an activating group) is 1. The van der Waals surface area contributed by atoms with Crippen LogP contribution in [-0.2, 0) is 11.2 Å². The van der Waals surface area contributed by atoms with Crippen LogP contribution >= 0.6 is 11.3 Å². The van der Waals surface area contributed by atoms with E-state index in [0.717, 1.165) is 32.4 Å². The van der Waals surface area contributed by atoms with E-state index in [1.54, 1.807) is 11.3 Å². The summed E-state index contributed by atoms with van der Waals surface area (Å²) >= 11 is 1.75. The molecule has 1 aliphatic heterocycles. The van der Waals surface area contributed by atoms with Crippen LogP contribution in [0.3, 0.4) is 0 Å². The third-order valence-corrected chi connectivity index (χ3v) is 4.40. The van der Waals surface area contributed by atoms with E-state index in [1.165, 1.54) is 4.88 Å². The van der Waals surface area contributed by atoms with Crippen LogP contribution in [0.2, 0.25) is 0 Å². The fourth-order valence-corrected chi connectivity index (χ4v) is 3.03. The standard InChI is InChI=1S/C13H20N2OS/c1-13(7-4-8-14-13)12(16)15(2)9-6-11-5-3-10-17-11/h3,5,10,14H,4,6-9H2,1-2H3. The molecule has 17 heavy (non-hydrogen) atoms. The van der Waals surface area contributed by atoms with E-state index in [1.807, 2.05) is 18.9 Å². The Bertz CT molecular complexity index is 369. The fourth-order valence-electron chi connectivity index (χ4n) is 2.33. The van der Waals surface area contributed by atoms with Gasteiger partial charge in [0.15, 0.2) is 0 Å². The summed E-state index contributed by atoms with van der Waals surface area (Å²) in [6.45, 7) is 3.78. The second kappa shape index (κ2) is 5.19. The highest BCUT2D eigenvalue weighted by Crippen LogP contribution is 2.21. The van der Waals surface area contributed by atoms with Crippen molar-refractivity contribution >= 4 is 17.2 Å². The van der Waals surface area contributed by atoms with Gasteiger partial charge in [-0.05, 0) is 44.2 Å². The molecule has 1 atom stereocenters. The molecule has 1 saturated heterocycles. The van der Waals surface area contributed by atoms with E-state index in [2.05, 4.69) is 22.8 Å². The topological polar surface area (TPSA) is 32.3 Å². The number of rotatable bonds is 4. The van der Waals surface area contributed by atoms with Crippen LogP contribution in [-0.4, -0.2) is 36.5 Å². The largest absolute Gasteiger partial charge is 0.344 e. The monoisotopic (exact) mass is 252 g/mol. The minimum Gasteiger partial charge on any atom is -0.344 e. The molecular formula is C13H20N2OS. The zero-order valence-corrected chi connectivity index (χ0v) is 11.3. The Labute approximate surface area is 107 Å². The van der Waals surface area contributed by atoms with Crippen LogP contribution < -0.4 is 5.32 Å². The molecule has 1 aromatic heterocycles. The van der Waals surface area contributed by atoms with Crippen molar-refractivity contribution in [1.82, 2.24) is 10.2 Å². The fraction of sp³-hybridized carbons (Fsp3) is 0.615. The second-order valence-corrected chi connectivity index (χ2v) is 5.95. The molecule has 1 aliphatic rings. The smallest absolute Gasteiger partial charge is 0.242 e. The van der Waals surface area contributed by atoms with Crippen molar-refractivity contribution in [2.24, 2.45) is 0 Å². The molecule has 3 nitrogen and oxygen atoms in total. The number of carbonyl (C=O) groups is 1. The van der Waals surface area contributed by atoms with E-state index in [4.69, 9.17) is 0 Å². The van der Waals surface area contributed by atoms with Crippen molar-refractivity contribution in [3.8, 4) is 0 Å². The summed E-state index contributed by atoms with van der Waals surface area (Å²) in [4.78, 5) is 15.5. The highest BCUT2D eigenvalue weighted by molar-refractivity contribution is 7.09. The molecule has 2 heterocycles. The van der Waals surface area contributed by atoms with Gasteiger partial charge < -0.3 is 10.2 Å². The first-order chi connectivity index (χ1) is 8.12. The Balaban J connectivity index is 1.87. The minimum atomic E-state index is -0.329. The lowest BCUT2D eigenvalue weighted by Gasteiger charge is -2.29. The lowest BCUT2D eigenvalue weighted by Crippen LogP contribution is -2.52. The molecule has 1 unspecified atom stereocenters. The second-order valence-electron chi connectivity index (χ2n) is 4.92. The molecule has 4 heteroatoms. The molecular weight excluding hydrogens is 232 g/mol. The molecule has 2 rings (SSSR count). The lowest BCUT2D eigenvalue weighted by atomic mass is 9.98. The third-order valence-electron chi connectivity index (χ3n) is 3.46. The predicted octanol–water partition coefficient (Wildman–Crippen LogP) is 1.89. The summed E-state index contributed by atoms with van der Waals surface area (Å²) in [5.74, 6) is 0.228. The van der Waals surface area contributed by atoms with Crippen molar-refractivity contribution in [3.63, 3.8) is 0 Å². The number of amides is 1. The average molecular weight is 252 g/mol. The van der Waals surface area contributed by atoms with E-state index in [9.17, 15) is 4.79 Å². The summed E-state index contributed by atoms with van der Waals surface area (Å²) in [5.41, 5.74) is -0.329. The number of hydrogen-bond acceptors (Lipinski definition) is 3. The Morgan fingerprint density at radius 3 is 3.06 bits per heavy atom. The van der Waals surface area contributed by atoms with Gasteiger partial charge in [0, 0.05) is 18.5 Å². The molecule has 0 radical (unpaired) electrons. The lowest BCUT2D eigenvalue weighted by molar-refractivity contribution is -0.135. The van der Waals surface area contributed by atoms with Crippen LogP contribution in [0, 0.1) is 0 Å². The van der Waals surface area contributed by atoms with Gasteiger partial charge >= 0.3 is 0 Å². The Hall–Kier alpha value is -0.870. The zero-order chi connectivity index (χ0) is 12.3. The number of carbonyl (C=O) groups excluding carboxylic acids is 1. The van der Waals surface area contributed by atoms with Gasteiger partial charge in [-0.15, -0.1) is 11.3 Å². The number of hydrogen-bond donors (Lipinski definition) is 1. The van der Waals surface area contributed by atoms with Gasteiger partial charge in [-0.25, -0.2) is 0 Å². The van der Waals surface area contributed by atoms with Crippen LogP contribution in [0.15, 0.2) is 17.5 Å². The molecule has 94 valence electrons. The molecule has 0 aliphatic carbocycles. The van der Waals surface area contributed by atoms with Gasteiger partial charge in [-0.1, -0.05) is 6.07 Å². The van der Waals surface area contributed by atoms with Gasteiger partial charge in [0.25, 0.3) is 0 Å². The van der Waals surface area contributed by atoms with E-state index in [0.29, 0.717) is 0 Å². The van der Waals surface area contributed by atoms with Crippen molar-refractivity contribution < 1.29 is 4.79 Å². The maximum absolute atomic E-state index is 12.3. The SMILES string of the molecule is CN(CCc1cccs1)C(=O)C1(C)CCCN1. The summed E-state index contributed by atoms with van der Waals surface area (Å²) < 4.78 is 0. The molecule has 0 spiro atoms. The molecule has 1 aromatic rings. The summed E-state index contributed by atoms with van der Waals surface area (Å²) in [5, 5.41) is 5.40. The first kappa shape index (κ1) is 12.6. The van der Waals surface area contributed by atoms with Crippen molar-refractivity contribution in [3.05, 3.63) is 22.4 Å². The molecule has 1 fully saturated rings. The quantitative estimate of drug-likeness (QED) is 0.887. The van der Waals surface area contributed by atoms with Gasteiger partial charge in [0.05, 0.1) is 5.54 Å². The van der Waals surface area contributed by atoms with Crippen LogP contribution in [0.25, 0.3) is 0 Å². The van der Waals surface area contributed by atoms with Crippen LogP contribution in [0.4, 0.5) is 0 Å². The highest BCUT2D eigenvalue weighted by Gasteiger charge is 2.37. The Morgan fingerprint density at radius 1 is 1.65 bits per heavy atom. The number of thiophene rings is 1. The molecule has 0 bridgehead atoms. The molecule has 1 N–H and O–H groups in total. The van der Waals surface area contributed by atoms with Gasteiger partial charge in [-0.2, -0.15) is 0 Å². The number of nitrogens with zero attached hydrogens (tertiary/aromatic N) is 1.